The number of nitrogens with zero attached hydrogens (tertiary/aromatic N) is 2. The van der Waals surface area contributed by atoms with E-state index in [2.05, 4.69) is 44.7 Å². The number of hydrogen-bond acceptors (Lipinski definition) is 2. The van der Waals surface area contributed by atoms with Gasteiger partial charge in [-0.3, -0.25) is 0 Å². The first-order valence-corrected chi connectivity index (χ1v) is 8.48. The lowest BCUT2D eigenvalue weighted by Crippen LogP contribution is -2.47. The van der Waals surface area contributed by atoms with E-state index in [-0.39, 0.29) is 0 Å². The van der Waals surface area contributed by atoms with Crippen molar-refractivity contribution < 1.29 is 0 Å². The summed E-state index contributed by atoms with van der Waals surface area (Å²) in [7, 11) is 4.45. The zero-order valence-electron chi connectivity index (χ0n) is 14.0. The minimum atomic E-state index is 0.832. The Bertz CT molecular complexity index is 211. The molecule has 2 nitrogen and oxygen atoms in total. The Morgan fingerprint density at radius 3 is 1.79 bits per heavy atom. The fourth-order valence-electron chi connectivity index (χ4n) is 3.38. The molecule has 2 rings (SSSR count). The highest BCUT2D eigenvalue weighted by Gasteiger charge is 2.28. The summed E-state index contributed by atoms with van der Waals surface area (Å²) in [5.74, 6) is 0.982. The minimum absolute atomic E-state index is 0.832. The molecule has 0 atom stereocenters. The third-order valence-electron chi connectivity index (χ3n) is 4.73. The van der Waals surface area contributed by atoms with E-state index in [1.54, 1.807) is 0 Å². The molecule has 0 aromatic rings. The summed E-state index contributed by atoms with van der Waals surface area (Å²) in [5, 5.41) is 0. The molecule has 2 heteroatoms. The number of piperidine rings is 1. The molecule has 0 aromatic heterocycles. The van der Waals surface area contributed by atoms with Crippen LogP contribution in [0.15, 0.2) is 0 Å². The Balaban J connectivity index is 0.000000550. The van der Waals surface area contributed by atoms with Crippen molar-refractivity contribution in [1.82, 2.24) is 9.80 Å². The highest BCUT2D eigenvalue weighted by atomic mass is 15.2. The van der Waals surface area contributed by atoms with Gasteiger partial charge in [-0.05, 0) is 71.6 Å². The third kappa shape index (κ3) is 5.83. The van der Waals surface area contributed by atoms with Crippen molar-refractivity contribution in [3.05, 3.63) is 0 Å². The zero-order chi connectivity index (χ0) is 14.3. The maximum Gasteiger partial charge on any atom is 0.0113 e. The van der Waals surface area contributed by atoms with Crippen LogP contribution in [0.1, 0.15) is 65.7 Å². The summed E-state index contributed by atoms with van der Waals surface area (Å²) in [5.41, 5.74) is 0. The first-order chi connectivity index (χ1) is 9.08. The topological polar surface area (TPSA) is 6.48 Å². The lowest BCUT2D eigenvalue weighted by molar-refractivity contribution is 0.0821. The number of likely N-dealkylation sites (tertiary alicyclic amines) is 1. The molecule has 0 spiro atoms. The van der Waals surface area contributed by atoms with E-state index in [0.29, 0.717) is 0 Å². The minimum Gasteiger partial charge on any atom is -0.306 e. The monoisotopic (exact) mass is 268 g/mol. The van der Waals surface area contributed by atoms with Gasteiger partial charge in [-0.2, -0.15) is 0 Å². The summed E-state index contributed by atoms with van der Waals surface area (Å²) in [4.78, 5) is 5.17. The SMILES string of the molecule is CC1CCC(N2CCC(N(C)C)CC2)CC1.CCC. The molecule has 2 fully saturated rings. The Morgan fingerprint density at radius 1 is 0.895 bits per heavy atom. The summed E-state index contributed by atoms with van der Waals surface area (Å²) in [6.45, 7) is 9.33. The summed E-state index contributed by atoms with van der Waals surface area (Å²) >= 11 is 0. The van der Waals surface area contributed by atoms with Crippen molar-refractivity contribution in [3.8, 4) is 0 Å². The Hall–Kier alpha value is -0.0800. The van der Waals surface area contributed by atoms with Crippen LogP contribution in [0.5, 0.6) is 0 Å². The van der Waals surface area contributed by atoms with Crippen molar-refractivity contribution in [2.45, 2.75) is 77.8 Å². The van der Waals surface area contributed by atoms with Crippen LogP contribution in [-0.4, -0.2) is 49.1 Å². The molecule has 1 aliphatic carbocycles. The van der Waals surface area contributed by atoms with E-state index in [1.165, 1.54) is 58.0 Å². The normalized spacial score (nSPS) is 30.0. The molecule has 1 saturated heterocycles. The fraction of sp³-hybridized carbons (Fsp3) is 1.00. The molecule has 1 heterocycles. The second-order valence-corrected chi connectivity index (χ2v) is 6.85. The van der Waals surface area contributed by atoms with Gasteiger partial charge in [-0.1, -0.05) is 27.2 Å². The van der Waals surface area contributed by atoms with Gasteiger partial charge in [-0.25, -0.2) is 0 Å². The number of rotatable bonds is 2. The maximum absolute atomic E-state index is 2.77. The summed E-state index contributed by atoms with van der Waals surface area (Å²) in [6, 6.07) is 1.75. The van der Waals surface area contributed by atoms with Crippen LogP contribution >= 0.6 is 0 Å². The molecule has 1 aliphatic heterocycles. The van der Waals surface area contributed by atoms with Crippen LogP contribution in [-0.2, 0) is 0 Å². The van der Waals surface area contributed by atoms with Crippen LogP contribution in [0.2, 0.25) is 0 Å². The van der Waals surface area contributed by atoms with Gasteiger partial charge in [0.2, 0.25) is 0 Å². The molecule has 19 heavy (non-hydrogen) atoms. The molecule has 0 unspecified atom stereocenters. The van der Waals surface area contributed by atoms with E-state index < -0.39 is 0 Å². The smallest absolute Gasteiger partial charge is 0.0113 e. The van der Waals surface area contributed by atoms with Crippen LogP contribution in [0.4, 0.5) is 0 Å². The Labute approximate surface area is 121 Å². The Kier molecular flexibility index (Phi) is 8.01. The van der Waals surface area contributed by atoms with E-state index in [0.717, 1.165) is 18.0 Å². The van der Waals surface area contributed by atoms with Crippen molar-refractivity contribution in [2.24, 2.45) is 5.92 Å². The second-order valence-electron chi connectivity index (χ2n) is 6.85. The summed E-state index contributed by atoms with van der Waals surface area (Å²) < 4.78 is 0. The largest absolute Gasteiger partial charge is 0.306 e. The quantitative estimate of drug-likeness (QED) is 0.746. The molecule has 0 bridgehead atoms. The predicted octanol–water partition coefficient (Wildman–Crippen LogP) is 4.01. The Morgan fingerprint density at radius 2 is 1.37 bits per heavy atom. The maximum atomic E-state index is 2.77. The first kappa shape index (κ1) is 17.0. The van der Waals surface area contributed by atoms with E-state index in [9.17, 15) is 0 Å². The third-order valence-corrected chi connectivity index (χ3v) is 4.73. The van der Waals surface area contributed by atoms with Crippen molar-refractivity contribution in [2.75, 3.05) is 27.2 Å². The molecular formula is C17H36N2. The van der Waals surface area contributed by atoms with Gasteiger partial charge in [0.05, 0.1) is 0 Å². The van der Waals surface area contributed by atoms with E-state index in [4.69, 9.17) is 0 Å². The zero-order valence-corrected chi connectivity index (χ0v) is 14.0. The van der Waals surface area contributed by atoms with Gasteiger partial charge in [0, 0.05) is 12.1 Å². The molecular weight excluding hydrogens is 232 g/mol. The lowest BCUT2D eigenvalue weighted by atomic mass is 9.85. The van der Waals surface area contributed by atoms with Gasteiger partial charge in [0.15, 0.2) is 0 Å². The van der Waals surface area contributed by atoms with Crippen LogP contribution < -0.4 is 0 Å². The molecule has 114 valence electrons. The van der Waals surface area contributed by atoms with Gasteiger partial charge in [0.1, 0.15) is 0 Å². The number of hydrogen-bond donors (Lipinski definition) is 0. The predicted molar refractivity (Wildman–Crippen MR) is 85.7 cm³/mol. The second kappa shape index (κ2) is 8.97. The molecule has 0 N–H and O–H groups in total. The van der Waals surface area contributed by atoms with Crippen molar-refractivity contribution in [1.29, 1.82) is 0 Å². The highest BCUT2D eigenvalue weighted by Crippen LogP contribution is 2.29. The average Bonchev–Trinajstić information content (AvgIpc) is 2.41. The van der Waals surface area contributed by atoms with Gasteiger partial charge in [0.25, 0.3) is 0 Å². The van der Waals surface area contributed by atoms with Crippen LogP contribution in [0.25, 0.3) is 0 Å². The fourth-order valence-corrected chi connectivity index (χ4v) is 3.38. The van der Waals surface area contributed by atoms with Gasteiger partial charge in [-0.15, -0.1) is 0 Å². The standard InChI is InChI=1S/C14H28N2.C3H8/c1-12-4-6-14(7-5-12)16-10-8-13(9-11-16)15(2)3;1-3-2/h12-14H,4-11H2,1-3H3;3H2,1-2H3. The highest BCUT2D eigenvalue weighted by molar-refractivity contribution is 4.84. The van der Waals surface area contributed by atoms with Crippen molar-refractivity contribution >= 4 is 0 Å². The van der Waals surface area contributed by atoms with E-state index >= 15 is 0 Å². The van der Waals surface area contributed by atoms with E-state index in [1.807, 2.05) is 0 Å². The van der Waals surface area contributed by atoms with Crippen molar-refractivity contribution in [3.63, 3.8) is 0 Å². The van der Waals surface area contributed by atoms with Gasteiger partial charge >= 0.3 is 0 Å². The lowest BCUT2D eigenvalue weighted by Gasteiger charge is -2.41. The van der Waals surface area contributed by atoms with Crippen LogP contribution in [0.3, 0.4) is 0 Å². The molecule has 2 aliphatic rings. The van der Waals surface area contributed by atoms with Gasteiger partial charge < -0.3 is 9.80 Å². The average molecular weight is 268 g/mol. The molecule has 1 saturated carbocycles. The first-order valence-electron chi connectivity index (χ1n) is 8.48. The summed E-state index contributed by atoms with van der Waals surface area (Å²) in [6.07, 6.45) is 9.82. The molecule has 0 aromatic carbocycles. The van der Waals surface area contributed by atoms with Crippen LogP contribution in [0, 0.1) is 5.92 Å². The molecule has 0 amide bonds. The molecule has 0 radical (unpaired) electrons.